The lowest BCUT2D eigenvalue weighted by Gasteiger charge is -2.32. The van der Waals surface area contributed by atoms with Crippen molar-refractivity contribution in [2.24, 2.45) is 0 Å². The lowest BCUT2D eigenvalue weighted by molar-refractivity contribution is 0.0914. The van der Waals surface area contributed by atoms with Gasteiger partial charge in [-0.25, -0.2) is 9.48 Å². The molecular weight excluding hydrogens is 380 g/mol. The van der Waals surface area contributed by atoms with Crippen LogP contribution in [0.5, 0.6) is 0 Å². The van der Waals surface area contributed by atoms with E-state index in [1.54, 1.807) is 15.8 Å². The molecule has 8 heteroatoms. The monoisotopic (exact) mass is 404 g/mol. The molecule has 8 nitrogen and oxygen atoms in total. The van der Waals surface area contributed by atoms with E-state index in [-0.39, 0.29) is 18.0 Å². The van der Waals surface area contributed by atoms with Crippen LogP contribution in [0.25, 0.3) is 0 Å². The third-order valence-electron chi connectivity index (χ3n) is 5.10. The average Bonchev–Trinajstić information content (AvgIpc) is 3.24. The van der Waals surface area contributed by atoms with E-state index in [1.807, 2.05) is 60.7 Å². The number of nitrogens with one attached hydrogen (secondary N) is 2. The molecule has 2 aromatic carbocycles. The SMILES string of the molecule is O=C(NC1CCN(C(=O)Nc2ccccc2)CC1)c1cn(Cc2ccccc2)nn1. The molecule has 154 valence electrons. The van der Waals surface area contributed by atoms with E-state index in [0.29, 0.717) is 38.2 Å². The van der Waals surface area contributed by atoms with Gasteiger partial charge in [-0.05, 0) is 30.5 Å². The number of amides is 3. The number of para-hydroxylation sites is 1. The topological polar surface area (TPSA) is 92.2 Å². The summed E-state index contributed by atoms with van der Waals surface area (Å²) in [7, 11) is 0. The highest BCUT2D eigenvalue weighted by Crippen LogP contribution is 2.14. The molecule has 0 unspecified atom stereocenters. The number of nitrogens with zero attached hydrogens (tertiary/aromatic N) is 4. The maximum absolute atomic E-state index is 12.5. The zero-order valence-corrected chi connectivity index (χ0v) is 16.6. The fraction of sp³-hybridized carbons (Fsp3) is 0.273. The summed E-state index contributed by atoms with van der Waals surface area (Å²) in [6, 6.07) is 19.2. The third-order valence-corrected chi connectivity index (χ3v) is 5.10. The Morgan fingerprint density at radius 2 is 1.63 bits per heavy atom. The molecule has 2 heterocycles. The number of rotatable bonds is 5. The first-order chi connectivity index (χ1) is 14.7. The molecule has 1 aromatic heterocycles. The van der Waals surface area contributed by atoms with Crippen LogP contribution >= 0.6 is 0 Å². The van der Waals surface area contributed by atoms with E-state index >= 15 is 0 Å². The minimum Gasteiger partial charge on any atom is -0.348 e. The molecule has 2 N–H and O–H groups in total. The van der Waals surface area contributed by atoms with Crippen LogP contribution in [0, 0.1) is 0 Å². The summed E-state index contributed by atoms with van der Waals surface area (Å²) < 4.78 is 1.65. The number of urea groups is 1. The average molecular weight is 404 g/mol. The maximum Gasteiger partial charge on any atom is 0.321 e. The normalized spacial score (nSPS) is 14.3. The minimum atomic E-state index is -0.235. The highest BCUT2D eigenvalue weighted by atomic mass is 16.2. The van der Waals surface area contributed by atoms with Crippen molar-refractivity contribution in [3.63, 3.8) is 0 Å². The number of carbonyl (C=O) groups is 2. The number of hydrogen-bond acceptors (Lipinski definition) is 4. The molecule has 0 radical (unpaired) electrons. The van der Waals surface area contributed by atoms with E-state index in [9.17, 15) is 9.59 Å². The smallest absolute Gasteiger partial charge is 0.321 e. The summed E-state index contributed by atoms with van der Waals surface area (Å²) in [5.74, 6) is -0.235. The molecule has 1 fully saturated rings. The molecule has 1 saturated heterocycles. The number of aromatic nitrogens is 3. The van der Waals surface area contributed by atoms with Crippen molar-refractivity contribution >= 4 is 17.6 Å². The van der Waals surface area contributed by atoms with Gasteiger partial charge in [0, 0.05) is 24.8 Å². The molecule has 0 saturated carbocycles. The molecule has 0 aliphatic carbocycles. The predicted octanol–water partition coefficient (Wildman–Crippen LogP) is 2.75. The molecule has 1 aliphatic rings. The maximum atomic E-state index is 12.5. The molecule has 4 rings (SSSR count). The molecule has 3 aromatic rings. The zero-order chi connectivity index (χ0) is 20.8. The summed E-state index contributed by atoms with van der Waals surface area (Å²) >= 11 is 0. The first-order valence-corrected chi connectivity index (χ1v) is 10.0. The molecule has 1 aliphatic heterocycles. The Hall–Kier alpha value is -3.68. The van der Waals surface area contributed by atoms with Crippen molar-refractivity contribution in [3.05, 3.63) is 78.1 Å². The summed E-state index contributed by atoms with van der Waals surface area (Å²) in [6.07, 6.45) is 3.06. The van der Waals surface area contributed by atoms with E-state index in [0.717, 1.165) is 11.3 Å². The van der Waals surface area contributed by atoms with Crippen LogP contribution in [-0.4, -0.2) is 51.0 Å². The van der Waals surface area contributed by atoms with Gasteiger partial charge < -0.3 is 15.5 Å². The van der Waals surface area contributed by atoms with Crippen molar-refractivity contribution in [1.29, 1.82) is 0 Å². The van der Waals surface area contributed by atoms with Crippen LogP contribution in [0.1, 0.15) is 28.9 Å². The van der Waals surface area contributed by atoms with Gasteiger partial charge in [0.2, 0.25) is 0 Å². The number of hydrogen-bond donors (Lipinski definition) is 2. The Bertz CT molecular complexity index is 981. The summed E-state index contributed by atoms with van der Waals surface area (Å²) in [5.41, 5.74) is 2.17. The number of benzene rings is 2. The van der Waals surface area contributed by atoms with Crippen molar-refractivity contribution in [2.75, 3.05) is 18.4 Å². The van der Waals surface area contributed by atoms with Gasteiger partial charge in [-0.15, -0.1) is 5.10 Å². The third kappa shape index (κ3) is 5.02. The molecular formula is C22H24N6O2. The van der Waals surface area contributed by atoms with Crippen molar-refractivity contribution in [3.8, 4) is 0 Å². The highest BCUT2D eigenvalue weighted by molar-refractivity contribution is 5.92. The van der Waals surface area contributed by atoms with Gasteiger partial charge >= 0.3 is 6.03 Å². The Kier molecular flexibility index (Phi) is 6.03. The van der Waals surface area contributed by atoms with Crippen LogP contribution in [0.2, 0.25) is 0 Å². The van der Waals surface area contributed by atoms with Crippen LogP contribution in [0.15, 0.2) is 66.9 Å². The van der Waals surface area contributed by atoms with Crippen LogP contribution in [0.3, 0.4) is 0 Å². The van der Waals surface area contributed by atoms with Crippen molar-refractivity contribution < 1.29 is 9.59 Å². The number of carbonyl (C=O) groups excluding carboxylic acids is 2. The zero-order valence-electron chi connectivity index (χ0n) is 16.6. The largest absolute Gasteiger partial charge is 0.348 e. The second kappa shape index (κ2) is 9.21. The minimum absolute atomic E-state index is 0.0116. The Morgan fingerprint density at radius 3 is 2.33 bits per heavy atom. The fourth-order valence-electron chi connectivity index (χ4n) is 3.46. The first-order valence-electron chi connectivity index (χ1n) is 10.0. The van der Waals surface area contributed by atoms with Gasteiger partial charge in [0.05, 0.1) is 12.7 Å². The van der Waals surface area contributed by atoms with E-state index < -0.39 is 0 Å². The lowest BCUT2D eigenvalue weighted by atomic mass is 10.1. The van der Waals surface area contributed by atoms with Crippen molar-refractivity contribution in [2.45, 2.75) is 25.4 Å². The van der Waals surface area contributed by atoms with Gasteiger partial charge in [-0.3, -0.25) is 4.79 Å². The number of likely N-dealkylation sites (tertiary alicyclic amines) is 1. The Morgan fingerprint density at radius 1 is 0.967 bits per heavy atom. The fourth-order valence-corrected chi connectivity index (χ4v) is 3.46. The predicted molar refractivity (Wildman–Crippen MR) is 113 cm³/mol. The molecule has 30 heavy (non-hydrogen) atoms. The van der Waals surface area contributed by atoms with Gasteiger partial charge in [0.1, 0.15) is 0 Å². The van der Waals surface area contributed by atoms with E-state index in [2.05, 4.69) is 20.9 Å². The quantitative estimate of drug-likeness (QED) is 0.684. The summed E-state index contributed by atoms with van der Waals surface area (Å²) in [4.78, 5) is 26.7. The molecule has 0 atom stereocenters. The van der Waals surface area contributed by atoms with Gasteiger partial charge in [0.15, 0.2) is 5.69 Å². The lowest BCUT2D eigenvalue weighted by Crippen LogP contribution is -2.47. The second-order valence-electron chi connectivity index (χ2n) is 7.32. The van der Waals surface area contributed by atoms with Gasteiger partial charge in [-0.2, -0.15) is 0 Å². The van der Waals surface area contributed by atoms with E-state index in [4.69, 9.17) is 0 Å². The molecule has 3 amide bonds. The second-order valence-corrected chi connectivity index (χ2v) is 7.32. The molecule has 0 spiro atoms. The van der Waals surface area contributed by atoms with E-state index in [1.165, 1.54) is 0 Å². The highest BCUT2D eigenvalue weighted by Gasteiger charge is 2.25. The Balaban J connectivity index is 1.25. The first kappa shape index (κ1) is 19.6. The van der Waals surface area contributed by atoms with Crippen LogP contribution < -0.4 is 10.6 Å². The number of piperidine rings is 1. The van der Waals surface area contributed by atoms with Crippen LogP contribution in [-0.2, 0) is 6.54 Å². The van der Waals surface area contributed by atoms with Gasteiger partial charge in [0.25, 0.3) is 5.91 Å². The van der Waals surface area contributed by atoms with Crippen LogP contribution in [0.4, 0.5) is 10.5 Å². The summed E-state index contributed by atoms with van der Waals surface area (Å²) in [6.45, 7) is 1.74. The number of anilines is 1. The molecule has 0 bridgehead atoms. The Labute approximate surface area is 174 Å². The van der Waals surface area contributed by atoms with Gasteiger partial charge in [-0.1, -0.05) is 53.7 Å². The summed E-state index contributed by atoms with van der Waals surface area (Å²) in [5, 5.41) is 13.9. The standard InChI is InChI=1S/C22H24N6O2/c29-21(20-16-28(26-25-20)15-17-7-3-1-4-8-17)23-19-11-13-27(14-12-19)22(30)24-18-9-5-2-6-10-18/h1-10,16,19H,11-15H2,(H,23,29)(H,24,30). The van der Waals surface area contributed by atoms with Crippen molar-refractivity contribution in [1.82, 2.24) is 25.2 Å².